The SMILES string of the molecule is O=C(Nc1cccc(C(=O)N2CCC(NC(=O)C3CC3)CC2)c1)c1cccs1. The van der Waals surface area contributed by atoms with Crippen molar-refractivity contribution in [1.29, 1.82) is 0 Å². The van der Waals surface area contributed by atoms with E-state index in [2.05, 4.69) is 10.6 Å². The molecular formula is C21H23N3O3S. The van der Waals surface area contributed by atoms with Gasteiger partial charge in [0.1, 0.15) is 0 Å². The second kappa shape index (κ2) is 8.14. The molecule has 0 spiro atoms. The molecule has 1 aliphatic carbocycles. The average Bonchev–Trinajstić information content (AvgIpc) is 3.42. The second-order valence-electron chi connectivity index (χ2n) is 7.36. The molecule has 1 saturated carbocycles. The first-order valence-electron chi connectivity index (χ1n) is 9.65. The van der Waals surface area contributed by atoms with Crippen molar-refractivity contribution in [2.45, 2.75) is 31.7 Å². The van der Waals surface area contributed by atoms with Gasteiger partial charge in [0.25, 0.3) is 11.8 Å². The highest BCUT2D eigenvalue weighted by atomic mass is 32.1. The van der Waals surface area contributed by atoms with E-state index in [-0.39, 0.29) is 29.7 Å². The van der Waals surface area contributed by atoms with Crippen LogP contribution in [-0.4, -0.2) is 41.8 Å². The molecular weight excluding hydrogens is 374 g/mol. The molecule has 0 bridgehead atoms. The molecule has 1 saturated heterocycles. The summed E-state index contributed by atoms with van der Waals surface area (Å²) in [5.74, 6) is 0.164. The van der Waals surface area contributed by atoms with Crippen LogP contribution in [-0.2, 0) is 4.79 Å². The number of amides is 3. The van der Waals surface area contributed by atoms with Gasteiger partial charge in [-0.15, -0.1) is 11.3 Å². The molecule has 6 nitrogen and oxygen atoms in total. The first-order chi connectivity index (χ1) is 13.6. The lowest BCUT2D eigenvalue weighted by molar-refractivity contribution is -0.123. The Bertz CT molecular complexity index is 869. The van der Waals surface area contributed by atoms with Gasteiger partial charge in [0.05, 0.1) is 4.88 Å². The molecule has 28 heavy (non-hydrogen) atoms. The van der Waals surface area contributed by atoms with Gasteiger partial charge in [-0.2, -0.15) is 0 Å². The van der Waals surface area contributed by atoms with Crippen LogP contribution >= 0.6 is 11.3 Å². The fraction of sp³-hybridized carbons (Fsp3) is 0.381. The maximum absolute atomic E-state index is 12.8. The van der Waals surface area contributed by atoms with E-state index in [1.165, 1.54) is 11.3 Å². The van der Waals surface area contributed by atoms with Gasteiger partial charge in [-0.3, -0.25) is 14.4 Å². The number of carbonyl (C=O) groups excluding carboxylic acids is 3. The van der Waals surface area contributed by atoms with Crippen LogP contribution in [0.2, 0.25) is 0 Å². The molecule has 2 heterocycles. The Morgan fingerprint density at radius 3 is 2.46 bits per heavy atom. The Morgan fingerprint density at radius 1 is 1.00 bits per heavy atom. The Kier molecular flexibility index (Phi) is 5.43. The van der Waals surface area contributed by atoms with E-state index in [4.69, 9.17) is 0 Å². The zero-order chi connectivity index (χ0) is 19.5. The molecule has 2 aromatic rings. The largest absolute Gasteiger partial charge is 0.353 e. The minimum Gasteiger partial charge on any atom is -0.353 e. The van der Waals surface area contributed by atoms with Gasteiger partial charge in [-0.25, -0.2) is 0 Å². The number of benzene rings is 1. The normalized spacial score (nSPS) is 17.2. The van der Waals surface area contributed by atoms with Crippen LogP contribution in [0.4, 0.5) is 5.69 Å². The molecule has 1 aliphatic heterocycles. The zero-order valence-corrected chi connectivity index (χ0v) is 16.3. The summed E-state index contributed by atoms with van der Waals surface area (Å²) < 4.78 is 0. The molecule has 0 unspecified atom stereocenters. The summed E-state index contributed by atoms with van der Waals surface area (Å²) in [6, 6.07) is 10.8. The third-order valence-corrected chi connectivity index (χ3v) is 6.06. The molecule has 1 aromatic heterocycles. The molecule has 0 radical (unpaired) electrons. The minimum atomic E-state index is -0.174. The van der Waals surface area contributed by atoms with Crippen LogP contribution in [0.3, 0.4) is 0 Å². The summed E-state index contributed by atoms with van der Waals surface area (Å²) in [4.78, 5) is 39.4. The third-order valence-electron chi connectivity index (χ3n) is 5.19. The molecule has 2 N–H and O–H groups in total. The number of nitrogens with zero attached hydrogens (tertiary/aromatic N) is 1. The summed E-state index contributed by atoms with van der Waals surface area (Å²) in [7, 11) is 0. The van der Waals surface area contributed by atoms with Crippen molar-refractivity contribution < 1.29 is 14.4 Å². The van der Waals surface area contributed by atoms with Crippen molar-refractivity contribution in [2.75, 3.05) is 18.4 Å². The molecule has 0 atom stereocenters. The van der Waals surface area contributed by atoms with Crippen LogP contribution in [0.5, 0.6) is 0 Å². The Balaban J connectivity index is 1.33. The van der Waals surface area contributed by atoms with E-state index in [0.29, 0.717) is 29.2 Å². The minimum absolute atomic E-state index is 0.0424. The summed E-state index contributed by atoms with van der Waals surface area (Å²) >= 11 is 1.38. The number of anilines is 1. The highest BCUT2D eigenvalue weighted by Crippen LogP contribution is 2.29. The predicted octanol–water partition coefficient (Wildman–Crippen LogP) is 3.13. The van der Waals surface area contributed by atoms with Crippen LogP contribution in [0, 0.1) is 5.92 Å². The third kappa shape index (κ3) is 4.42. The number of piperidine rings is 1. The van der Waals surface area contributed by atoms with Crippen molar-refractivity contribution >= 4 is 34.7 Å². The fourth-order valence-corrected chi connectivity index (χ4v) is 4.02. The standard InChI is InChI=1S/C21H23N3O3S/c25-19(14-6-7-14)22-16-8-10-24(11-9-16)21(27)15-3-1-4-17(13-15)23-20(26)18-5-2-12-28-18/h1-5,12-14,16H,6-11H2,(H,22,25)(H,23,26). The number of thiophene rings is 1. The lowest BCUT2D eigenvalue weighted by Gasteiger charge is -2.32. The Hall–Kier alpha value is -2.67. The number of rotatable bonds is 5. The first-order valence-corrected chi connectivity index (χ1v) is 10.5. The lowest BCUT2D eigenvalue weighted by Crippen LogP contribution is -2.46. The summed E-state index contributed by atoms with van der Waals surface area (Å²) in [6.07, 6.45) is 3.56. The van der Waals surface area contributed by atoms with Crippen LogP contribution in [0.25, 0.3) is 0 Å². The maximum atomic E-state index is 12.8. The summed E-state index contributed by atoms with van der Waals surface area (Å²) in [5, 5.41) is 7.79. The quantitative estimate of drug-likeness (QED) is 0.814. The van der Waals surface area contributed by atoms with E-state index in [9.17, 15) is 14.4 Å². The van der Waals surface area contributed by atoms with Crippen molar-refractivity contribution in [3.05, 3.63) is 52.2 Å². The van der Waals surface area contributed by atoms with E-state index < -0.39 is 0 Å². The van der Waals surface area contributed by atoms with Crippen molar-refractivity contribution in [2.24, 2.45) is 5.92 Å². The maximum Gasteiger partial charge on any atom is 0.265 e. The predicted molar refractivity (Wildman–Crippen MR) is 109 cm³/mol. The van der Waals surface area contributed by atoms with Gasteiger partial charge in [-0.1, -0.05) is 12.1 Å². The number of likely N-dealkylation sites (tertiary alicyclic amines) is 1. The van der Waals surface area contributed by atoms with Crippen LogP contribution < -0.4 is 10.6 Å². The number of nitrogens with one attached hydrogen (secondary N) is 2. The zero-order valence-electron chi connectivity index (χ0n) is 15.5. The van der Waals surface area contributed by atoms with Crippen LogP contribution in [0.1, 0.15) is 45.7 Å². The van der Waals surface area contributed by atoms with E-state index in [0.717, 1.165) is 25.7 Å². The van der Waals surface area contributed by atoms with Gasteiger partial charge < -0.3 is 15.5 Å². The molecule has 2 fully saturated rings. The molecule has 2 aliphatic rings. The highest BCUT2D eigenvalue weighted by molar-refractivity contribution is 7.12. The number of hydrogen-bond acceptors (Lipinski definition) is 4. The van der Waals surface area contributed by atoms with Crippen molar-refractivity contribution in [1.82, 2.24) is 10.2 Å². The Morgan fingerprint density at radius 2 is 1.79 bits per heavy atom. The van der Waals surface area contributed by atoms with Crippen molar-refractivity contribution in [3.63, 3.8) is 0 Å². The molecule has 7 heteroatoms. The van der Waals surface area contributed by atoms with E-state index in [1.54, 1.807) is 30.3 Å². The fourth-order valence-electron chi connectivity index (χ4n) is 3.40. The van der Waals surface area contributed by atoms with Gasteiger partial charge in [-0.05, 0) is 55.3 Å². The molecule has 1 aromatic carbocycles. The molecule has 146 valence electrons. The lowest BCUT2D eigenvalue weighted by atomic mass is 10.0. The average molecular weight is 398 g/mol. The second-order valence-corrected chi connectivity index (χ2v) is 8.31. The number of carbonyl (C=O) groups is 3. The first kappa shape index (κ1) is 18.7. The molecule has 4 rings (SSSR count). The summed E-state index contributed by atoms with van der Waals surface area (Å²) in [5.41, 5.74) is 1.17. The van der Waals surface area contributed by atoms with Gasteiger partial charge in [0, 0.05) is 36.3 Å². The highest BCUT2D eigenvalue weighted by Gasteiger charge is 2.32. The Labute approximate surface area is 167 Å². The topological polar surface area (TPSA) is 78.5 Å². The number of hydrogen-bond donors (Lipinski definition) is 2. The van der Waals surface area contributed by atoms with E-state index in [1.807, 2.05) is 16.3 Å². The molecule has 3 amide bonds. The smallest absolute Gasteiger partial charge is 0.265 e. The monoisotopic (exact) mass is 397 g/mol. The van der Waals surface area contributed by atoms with E-state index >= 15 is 0 Å². The van der Waals surface area contributed by atoms with Gasteiger partial charge in [0.15, 0.2) is 0 Å². The van der Waals surface area contributed by atoms with Gasteiger partial charge >= 0.3 is 0 Å². The van der Waals surface area contributed by atoms with Gasteiger partial charge in [0.2, 0.25) is 5.91 Å². The van der Waals surface area contributed by atoms with Crippen molar-refractivity contribution in [3.8, 4) is 0 Å². The van der Waals surface area contributed by atoms with Crippen LogP contribution in [0.15, 0.2) is 41.8 Å². The summed E-state index contributed by atoms with van der Waals surface area (Å²) in [6.45, 7) is 1.25.